The maximum atomic E-state index is 10.0. The molecule has 0 saturated heterocycles. The lowest BCUT2D eigenvalue weighted by Crippen LogP contribution is -1.97. The van der Waals surface area contributed by atoms with Crippen molar-refractivity contribution in [2.24, 2.45) is 4.99 Å². The van der Waals surface area contributed by atoms with Gasteiger partial charge in [-0.25, -0.2) is 0 Å². The summed E-state index contributed by atoms with van der Waals surface area (Å²) in [5, 5.41) is 10.0. The number of ether oxygens (including phenoxy) is 4. The number of rotatable bonds is 7. The first-order valence-electron chi connectivity index (χ1n) is 7.29. The highest BCUT2D eigenvalue weighted by Crippen LogP contribution is 2.38. The number of phenols is 1. The molecule has 24 heavy (non-hydrogen) atoms. The third-order valence-corrected chi connectivity index (χ3v) is 3.48. The molecular formula is C18H21NO5. The Balaban J connectivity index is 2.23. The Bertz CT molecular complexity index is 702. The maximum Gasteiger partial charge on any atom is 0.203 e. The van der Waals surface area contributed by atoms with Gasteiger partial charge in [0, 0.05) is 11.8 Å². The van der Waals surface area contributed by atoms with Crippen LogP contribution in [0.2, 0.25) is 0 Å². The summed E-state index contributed by atoms with van der Waals surface area (Å²) < 4.78 is 21.0. The number of benzene rings is 2. The molecule has 0 unspecified atom stereocenters. The van der Waals surface area contributed by atoms with E-state index in [1.54, 1.807) is 45.7 Å². The van der Waals surface area contributed by atoms with Crippen LogP contribution in [0.25, 0.3) is 0 Å². The van der Waals surface area contributed by atoms with Crippen molar-refractivity contribution in [1.82, 2.24) is 0 Å². The molecular weight excluding hydrogens is 310 g/mol. The Morgan fingerprint density at radius 2 is 1.54 bits per heavy atom. The fraction of sp³-hybridized carbons (Fsp3) is 0.278. The topological polar surface area (TPSA) is 69.5 Å². The van der Waals surface area contributed by atoms with Crippen LogP contribution in [-0.2, 0) is 6.54 Å². The molecule has 128 valence electrons. The van der Waals surface area contributed by atoms with Crippen LogP contribution in [0.3, 0.4) is 0 Å². The van der Waals surface area contributed by atoms with Gasteiger partial charge in [-0.15, -0.1) is 0 Å². The Morgan fingerprint density at radius 3 is 2.08 bits per heavy atom. The highest BCUT2D eigenvalue weighted by atomic mass is 16.5. The van der Waals surface area contributed by atoms with E-state index >= 15 is 0 Å². The summed E-state index contributed by atoms with van der Waals surface area (Å²) in [5.74, 6) is 2.16. The number of phenolic OH excluding ortho intramolecular Hbond substituents is 1. The summed E-state index contributed by atoms with van der Waals surface area (Å²) >= 11 is 0. The van der Waals surface area contributed by atoms with E-state index in [9.17, 15) is 5.11 Å². The number of para-hydroxylation sites is 1. The quantitative estimate of drug-likeness (QED) is 0.790. The van der Waals surface area contributed by atoms with Crippen molar-refractivity contribution in [3.05, 3.63) is 41.5 Å². The standard InChI is InChI=1S/C18H21NO5/c1-21-14-7-5-6-13(17(14)20)11-19-10-12-8-15(22-2)18(24-4)16(9-12)23-3/h5-9,11,20H,10H2,1-4H3. The van der Waals surface area contributed by atoms with E-state index in [2.05, 4.69) is 4.99 Å². The van der Waals surface area contributed by atoms with Gasteiger partial charge in [0.2, 0.25) is 5.75 Å². The molecule has 0 aromatic heterocycles. The second kappa shape index (κ2) is 8.10. The maximum absolute atomic E-state index is 10.0. The van der Waals surface area contributed by atoms with Crippen LogP contribution in [0.5, 0.6) is 28.7 Å². The molecule has 0 aliphatic rings. The number of nitrogens with zero attached hydrogens (tertiary/aromatic N) is 1. The van der Waals surface area contributed by atoms with Crippen molar-refractivity contribution in [3.63, 3.8) is 0 Å². The molecule has 1 N–H and O–H groups in total. The molecule has 0 amide bonds. The van der Waals surface area contributed by atoms with E-state index in [1.807, 2.05) is 12.1 Å². The van der Waals surface area contributed by atoms with Gasteiger partial charge in [-0.05, 0) is 29.8 Å². The fourth-order valence-electron chi connectivity index (χ4n) is 2.28. The molecule has 0 saturated carbocycles. The van der Waals surface area contributed by atoms with Crippen molar-refractivity contribution in [1.29, 1.82) is 0 Å². The zero-order valence-electron chi connectivity index (χ0n) is 14.2. The average molecular weight is 331 g/mol. The normalized spacial score (nSPS) is 10.7. The van der Waals surface area contributed by atoms with Crippen LogP contribution in [-0.4, -0.2) is 39.8 Å². The number of hydrogen-bond acceptors (Lipinski definition) is 6. The number of hydrogen-bond donors (Lipinski definition) is 1. The van der Waals surface area contributed by atoms with Gasteiger partial charge >= 0.3 is 0 Å². The van der Waals surface area contributed by atoms with Crippen LogP contribution in [0, 0.1) is 0 Å². The molecule has 0 aliphatic heterocycles. The van der Waals surface area contributed by atoms with E-state index < -0.39 is 0 Å². The van der Waals surface area contributed by atoms with Crippen LogP contribution < -0.4 is 18.9 Å². The van der Waals surface area contributed by atoms with Gasteiger partial charge in [-0.3, -0.25) is 4.99 Å². The Labute approximate surface area is 141 Å². The van der Waals surface area contributed by atoms with Crippen molar-refractivity contribution in [2.75, 3.05) is 28.4 Å². The lowest BCUT2D eigenvalue weighted by molar-refractivity contribution is 0.324. The molecule has 2 rings (SSSR count). The summed E-state index contributed by atoms with van der Waals surface area (Å²) in [6.07, 6.45) is 1.60. The largest absolute Gasteiger partial charge is 0.504 e. The van der Waals surface area contributed by atoms with Gasteiger partial charge in [0.1, 0.15) is 0 Å². The summed E-state index contributed by atoms with van der Waals surface area (Å²) in [6, 6.07) is 8.91. The fourth-order valence-corrected chi connectivity index (χ4v) is 2.28. The SMILES string of the molecule is COc1cccc(C=NCc2cc(OC)c(OC)c(OC)c2)c1O. The zero-order chi connectivity index (χ0) is 17.5. The molecule has 0 fully saturated rings. The zero-order valence-corrected chi connectivity index (χ0v) is 14.2. The van der Waals surface area contributed by atoms with Gasteiger partial charge in [0.15, 0.2) is 23.0 Å². The molecule has 0 radical (unpaired) electrons. The van der Waals surface area contributed by atoms with E-state index in [1.165, 1.54) is 7.11 Å². The van der Waals surface area contributed by atoms with Gasteiger partial charge < -0.3 is 24.1 Å². The Morgan fingerprint density at radius 1 is 0.917 bits per heavy atom. The molecule has 2 aromatic rings. The highest BCUT2D eigenvalue weighted by molar-refractivity contribution is 5.84. The third kappa shape index (κ3) is 3.71. The van der Waals surface area contributed by atoms with E-state index in [4.69, 9.17) is 18.9 Å². The second-order valence-corrected chi connectivity index (χ2v) is 4.90. The second-order valence-electron chi connectivity index (χ2n) is 4.90. The molecule has 6 heteroatoms. The summed E-state index contributed by atoms with van der Waals surface area (Å²) in [7, 11) is 6.20. The minimum atomic E-state index is 0.0636. The van der Waals surface area contributed by atoms with E-state index in [0.717, 1.165) is 5.56 Å². The highest BCUT2D eigenvalue weighted by Gasteiger charge is 2.12. The number of aromatic hydroxyl groups is 1. The monoisotopic (exact) mass is 331 g/mol. The molecule has 2 aromatic carbocycles. The molecule has 0 spiro atoms. The van der Waals surface area contributed by atoms with Crippen molar-refractivity contribution in [3.8, 4) is 28.7 Å². The first-order valence-corrected chi connectivity index (χ1v) is 7.29. The van der Waals surface area contributed by atoms with Crippen LogP contribution in [0.1, 0.15) is 11.1 Å². The van der Waals surface area contributed by atoms with Gasteiger partial charge in [0.05, 0.1) is 35.0 Å². The van der Waals surface area contributed by atoms with Crippen LogP contribution in [0.15, 0.2) is 35.3 Å². The Kier molecular flexibility index (Phi) is 5.89. The smallest absolute Gasteiger partial charge is 0.203 e. The molecule has 0 bridgehead atoms. The van der Waals surface area contributed by atoms with Crippen molar-refractivity contribution >= 4 is 6.21 Å². The lowest BCUT2D eigenvalue weighted by atomic mass is 10.1. The number of aliphatic imine (C=N–C) groups is 1. The first-order chi connectivity index (χ1) is 11.6. The van der Waals surface area contributed by atoms with Gasteiger partial charge in [-0.1, -0.05) is 6.07 Å². The third-order valence-electron chi connectivity index (χ3n) is 3.48. The first kappa shape index (κ1) is 17.5. The van der Waals surface area contributed by atoms with E-state index in [-0.39, 0.29) is 5.75 Å². The predicted octanol–water partition coefficient (Wildman–Crippen LogP) is 3.05. The lowest BCUT2D eigenvalue weighted by Gasteiger charge is -2.13. The minimum Gasteiger partial charge on any atom is -0.504 e. The van der Waals surface area contributed by atoms with Gasteiger partial charge in [-0.2, -0.15) is 0 Å². The molecule has 6 nitrogen and oxygen atoms in total. The van der Waals surface area contributed by atoms with Crippen LogP contribution in [0.4, 0.5) is 0 Å². The summed E-state index contributed by atoms with van der Waals surface area (Å²) in [4.78, 5) is 4.36. The summed E-state index contributed by atoms with van der Waals surface area (Å²) in [6.45, 7) is 0.396. The minimum absolute atomic E-state index is 0.0636. The molecule has 0 heterocycles. The predicted molar refractivity (Wildman–Crippen MR) is 92.1 cm³/mol. The van der Waals surface area contributed by atoms with E-state index in [0.29, 0.717) is 35.1 Å². The average Bonchev–Trinajstić information content (AvgIpc) is 2.62. The number of methoxy groups -OCH3 is 4. The molecule has 0 aliphatic carbocycles. The van der Waals surface area contributed by atoms with Crippen molar-refractivity contribution in [2.45, 2.75) is 6.54 Å². The molecule has 0 atom stereocenters. The van der Waals surface area contributed by atoms with Gasteiger partial charge in [0.25, 0.3) is 0 Å². The Hall–Kier alpha value is -2.89. The van der Waals surface area contributed by atoms with Crippen LogP contribution >= 0.6 is 0 Å². The summed E-state index contributed by atoms with van der Waals surface area (Å²) in [5.41, 5.74) is 1.48. The van der Waals surface area contributed by atoms with Crippen molar-refractivity contribution < 1.29 is 24.1 Å².